The number of alkyl halides is 3. The lowest BCUT2D eigenvalue weighted by atomic mass is 10.0. The van der Waals surface area contributed by atoms with Crippen LogP contribution in [0.5, 0.6) is 0 Å². The number of nitrogens with zero attached hydrogens (tertiary/aromatic N) is 4. The first-order chi connectivity index (χ1) is 12.0. The Kier molecular flexibility index (Phi) is 4.74. The van der Waals surface area contributed by atoms with Crippen molar-refractivity contribution in [3.63, 3.8) is 0 Å². The first-order valence-corrected chi connectivity index (χ1v) is 7.88. The largest absolute Gasteiger partial charge is 0.433 e. The van der Waals surface area contributed by atoms with Gasteiger partial charge in [0.2, 0.25) is 5.95 Å². The maximum absolute atomic E-state index is 12.8. The SMILES string of the molecule is N#Cc1ccccc1N1CCCC(Nc2nccc(C(F)(F)F)n2)C1. The number of nitrogens with one attached hydrogen (secondary N) is 1. The molecule has 1 saturated heterocycles. The zero-order chi connectivity index (χ0) is 17.9. The van der Waals surface area contributed by atoms with Crippen molar-refractivity contribution in [2.45, 2.75) is 25.1 Å². The molecule has 8 heteroatoms. The number of piperidine rings is 1. The summed E-state index contributed by atoms with van der Waals surface area (Å²) in [5.41, 5.74) is 0.451. The van der Waals surface area contributed by atoms with Gasteiger partial charge in [-0.15, -0.1) is 0 Å². The summed E-state index contributed by atoms with van der Waals surface area (Å²) in [5.74, 6) is -0.0322. The van der Waals surface area contributed by atoms with Gasteiger partial charge in [-0.25, -0.2) is 9.97 Å². The fourth-order valence-electron chi connectivity index (χ4n) is 2.93. The number of hydrogen-bond acceptors (Lipinski definition) is 5. The van der Waals surface area contributed by atoms with Crippen LogP contribution in [0.25, 0.3) is 0 Å². The minimum Gasteiger partial charge on any atom is -0.368 e. The number of aromatic nitrogens is 2. The molecular weight excluding hydrogens is 331 g/mol. The average molecular weight is 347 g/mol. The Balaban J connectivity index is 1.73. The normalized spacial score (nSPS) is 17.8. The summed E-state index contributed by atoms with van der Waals surface area (Å²) in [4.78, 5) is 9.50. The van der Waals surface area contributed by atoms with Crippen molar-refractivity contribution in [2.24, 2.45) is 0 Å². The third-order valence-electron chi connectivity index (χ3n) is 4.07. The highest BCUT2D eigenvalue weighted by atomic mass is 19.4. The van der Waals surface area contributed by atoms with Gasteiger partial charge < -0.3 is 10.2 Å². The van der Waals surface area contributed by atoms with Gasteiger partial charge >= 0.3 is 6.18 Å². The van der Waals surface area contributed by atoms with E-state index in [1.54, 1.807) is 12.1 Å². The van der Waals surface area contributed by atoms with Crippen LogP contribution in [-0.2, 0) is 6.18 Å². The molecule has 1 unspecified atom stereocenters. The Bertz CT molecular complexity index is 784. The van der Waals surface area contributed by atoms with Gasteiger partial charge in [-0.2, -0.15) is 18.4 Å². The molecule has 0 aliphatic carbocycles. The number of benzene rings is 1. The number of hydrogen-bond donors (Lipinski definition) is 1. The van der Waals surface area contributed by atoms with Crippen molar-refractivity contribution in [1.29, 1.82) is 5.26 Å². The summed E-state index contributed by atoms with van der Waals surface area (Å²) in [6.07, 6.45) is -1.74. The molecule has 130 valence electrons. The number of rotatable bonds is 3. The second kappa shape index (κ2) is 6.97. The second-order valence-corrected chi connectivity index (χ2v) is 5.82. The van der Waals surface area contributed by atoms with Gasteiger partial charge in [-0.3, -0.25) is 0 Å². The van der Waals surface area contributed by atoms with Crippen molar-refractivity contribution in [2.75, 3.05) is 23.3 Å². The summed E-state index contributed by atoms with van der Waals surface area (Å²) < 4.78 is 38.3. The van der Waals surface area contributed by atoms with Crippen LogP contribution in [0.4, 0.5) is 24.8 Å². The van der Waals surface area contributed by atoms with E-state index in [9.17, 15) is 18.4 Å². The fourth-order valence-corrected chi connectivity index (χ4v) is 2.93. The smallest absolute Gasteiger partial charge is 0.368 e. The third-order valence-corrected chi connectivity index (χ3v) is 4.07. The first kappa shape index (κ1) is 17.0. The summed E-state index contributed by atoms with van der Waals surface area (Å²) in [6, 6.07) is 10.2. The molecule has 1 fully saturated rings. The molecule has 0 amide bonds. The van der Waals surface area contributed by atoms with E-state index >= 15 is 0 Å². The Labute approximate surface area is 143 Å². The van der Waals surface area contributed by atoms with Crippen LogP contribution < -0.4 is 10.2 Å². The van der Waals surface area contributed by atoms with Crippen molar-refractivity contribution < 1.29 is 13.2 Å². The quantitative estimate of drug-likeness (QED) is 0.921. The molecule has 5 nitrogen and oxygen atoms in total. The van der Waals surface area contributed by atoms with E-state index in [0.29, 0.717) is 12.1 Å². The van der Waals surface area contributed by atoms with Gasteiger partial charge in [0.25, 0.3) is 0 Å². The Hall–Kier alpha value is -2.82. The number of nitriles is 1. The van der Waals surface area contributed by atoms with Gasteiger partial charge in [-0.05, 0) is 31.0 Å². The van der Waals surface area contributed by atoms with E-state index in [2.05, 4.69) is 26.3 Å². The highest BCUT2D eigenvalue weighted by molar-refractivity contribution is 5.59. The maximum atomic E-state index is 12.8. The summed E-state index contributed by atoms with van der Waals surface area (Å²) in [7, 11) is 0. The summed E-state index contributed by atoms with van der Waals surface area (Å²) in [6.45, 7) is 1.36. The van der Waals surface area contributed by atoms with Crippen molar-refractivity contribution in [1.82, 2.24) is 9.97 Å². The number of anilines is 2. The van der Waals surface area contributed by atoms with Gasteiger partial charge in [0.05, 0.1) is 11.3 Å². The predicted molar refractivity (Wildman–Crippen MR) is 87.0 cm³/mol. The molecule has 25 heavy (non-hydrogen) atoms. The third kappa shape index (κ3) is 3.99. The van der Waals surface area contributed by atoms with Gasteiger partial charge in [0.15, 0.2) is 0 Å². The number of halogens is 3. The van der Waals surface area contributed by atoms with E-state index in [0.717, 1.165) is 37.3 Å². The van der Waals surface area contributed by atoms with Crippen LogP contribution in [0.1, 0.15) is 24.1 Å². The van der Waals surface area contributed by atoms with Crippen LogP contribution in [0.2, 0.25) is 0 Å². The molecule has 0 radical (unpaired) electrons. The lowest BCUT2D eigenvalue weighted by Gasteiger charge is -2.35. The highest BCUT2D eigenvalue weighted by Gasteiger charge is 2.33. The molecule has 2 aromatic rings. The van der Waals surface area contributed by atoms with Crippen LogP contribution in [-0.4, -0.2) is 29.1 Å². The van der Waals surface area contributed by atoms with Crippen molar-refractivity contribution in [3.05, 3.63) is 47.8 Å². The molecule has 2 heterocycles. The van der Waals surface area contributed by atoms with Crippen LogP contribution in [0, 0.1) is 11.3 Å². The topological polar surface area (TPSA) is 64.8 Å². The molecule has 1 aromatic heterocycles. The molecule has 1 N–H and O–H groups in total. The van der Waals surface area contributed by atoms with Crippen molar-refractivity contribution >= 4 is 11.6 Å². The molecule has 0 spiro atoms. The molecule has 0 saturated carbocycles. The Morgan fingerprint density at radius 1 is 1.24 bits per heavy atom. The molecule has 1 aromatic carbocycles. The minimum absolute atomic E-state index is 0.0322. The lowest BCUT2D eigenvalue weighted by molar-refractivity contribution is -0.141. The molecular formula is C17H16F3N5. The monoisotopic (exact) mass is 347 g/mol. The Morgan fingerprint density at radius 3 is 2.80 bits per heavy atom. The first-order valence-electron chi connectivity index (χ1n) is 7.88. The molecule has 1 atom stereocenters. The summed E-state index contributed by atoms with van der Waals surface area (Å²) >= 11 is 0. The van der Waals surface area contributed by atoms with Gasteiger partial charge in [-0.1, -0.05) is 12.1 Å². The van der Waals surface area contributed by atoms with Gasteiger partial charge in [0, 0.05) is 25.3 Å². The molecule has 0 bridgehead atoms. The van der Waals surface area contributed by atoms with Crippen LogP contribution in [0.15, 0.2) is 36.5 Å². The van der Waals surface area contributed by atoms with Crippen LogP contribution >= 0.6 is 0 Å². The maximum Gasteiger partial charge on any atom is 0.433 e. The standard InChI is InChI=1S/C17H16F3N5/c18-17(19,20)15-7-8-22-16(24-15)23-13-5-3-9-25(11-13)14-6-2-1-4-12(14)10-21/h1-2,4,6-8,13H,3,5,9,11H2,(H,22,23,24). The minimum atomic E-state index is -4.50. The van der Waals surface area contributed by atoms with E-state index in [-0.39, 0.29) is 12.0 Å². The lowest BCUT2D eigenvalue weighted by Crippen LogP contribution is -2.42. The molecule has 1 aliphatic heterocycles. The van der Waals surface area contributed by atoms with Gasteiger partial charge in [0.1, 0.15) is 11.8 Å². The van der Waals surface area contributed by atoms with Crippen LogP contribution in [0.3, 0.4) is 0 Å². The highest BCUT2D eigenvalue weighted by Crippen LogP contribution is 2.28. The zero-order valence-corrected chi connectivity index (χ0v) is 13.3. The van der Waals surface area contributed by atoms with E-state index in [4.69, 9.17) is 0 Å². The average Bonchev–Trinajstić information content (AvgIpc) is 2.61. The van der Waals surface area contributed by atoms with E-state index in [1.807, 2.05) is 12.1 Å². The van der Waals surface area contributed by atoms with E-state index < -0.39 is 11.9 Å². The molecule has 3 rings (SSSR count). The fraction of sp³-hybridized carbons (Fsp3) is 0.353. The second-order valence-electron chi connectivity index (χ2n) is 5.82. The Morgan fingerprint density at radius 2 is 2.04 bits per heavy atom. The summed E-state index contributed by atoms with van der Waals surface area (Å²) in [5, 5.41) is 12.2. The predicted octanol–water partition coefficient (Wildman–Crippen LogP) is 3.45. The van der Waals surface area contributed by atoms with E-state index in [1.165, 1.54) is 0 Å². The zero-order valence-electron chi connectivity index (χ0n) is 13.3. The molecule has 1 aliphatic rings. The number of para-hydroxylation sites is 1. The van der Waals surface area contributed by atoms with Crippen molar-refractivity contribution in [3.8, 4) is 6.07 Å².